The molecule has 0 aromatic heterocycles. The van der Waals surface area contributed by atoms with Crippen LogP contribution in [0.4, 0.5) is 0 Å². The van der Waals surface area contributed by atoms with Gasteiger partial charge in [0.1, 0.15) is 0 Å². The Labute approximate surface area is 194 Å². The van der Waals surface area contributed by atoms with Gasteiger partial charge >= 0.3 is 170 Å². The Bertz CT molecular complexity index is 900. The summed E-state index contributed by atoms with van der Waals surface area (Å²) in [6.45, 7) is 4.70. The zero-order valence-corrected chi connectivity index (χ0v) is 22.1. The van der Waals surface area contributed by atoms with Gasteiger partial charge in [-0.2, -0.15) is 0 Å². The molecule has 0 N–H and O–H groups in total. The third-order valence-corrected chi connectivity index (χ3v) is 18.3. The van der Waals surface area contributed by atoms with Gasteiger partial charge in [0.2, 0.25) is 0 Å². The first-order valence-corrected chi connectivity index (χ1v) is 17.4. The summed E-state index contributed by atoms with van der Waals surface area (Å²) in [6, 6.07) is 11.2. The minimum absolute atomic E-state index is 0. The minimum atomic E-state index is -2.78. The second-order valence-corrected chi connectivity index (χ2v) is 18.6. The summed E-state index contributed by atoms with van der Waals surface area (Å²) >= 11 is -2.78. The van der Waals surface area contributed by atoms with Gasteiger partial charge in [0.25, 0.3) is 0 Å². The fourth-order valence-corrected chi connectivity index (χ4v) is 17.2. The first-order valence-electron chi connectivity index (χ1n) is 10.9. The van der Waals surface area contributed by atoms with Gasteiger partial charge in [0, 0.05) is 0 Å². The number of rotatable bonds is 5. The van der Waals surface area contributed by atoms with Gasteiger partial charge in [0.15, 0.2) is 0 Å². The largest absolute Gasteiger partial charge is 0.147 e. The molecule has 0 nitrogen and oxygen atoms in total. The second-order valence-electron chi connectivity index (χ2n) is 8.53. The molecule has 0 fully saturated rings. The van der Waals surface area contributed by atoms with Crippen LogP contribution < -0.4 is 0 Å². The average molecular weight is 510 g/mol. The molecule has 0 heterocycles. The van der Waals surface area contributed by atoms with E-state index in [4.69, 9.17) is 0 Å². The molecule has 0 spiro atoms. The normalized spacial score (nSPS) is 22.4. The minimum Gasteiger partial charge on any atom is -0.147 e. The molecule has 3 heteroatoms. The van der Waals surface area contributed by atoms with Crippen LogP contribution in [0.15, 0.2) is 74.1 Å². The number of hydrogen-bond donors (Lipinski definition) is 0. The number of halogens is 2. The Kier molecular flexibility index (Phi) is 9.14. The quantitative estimate of drug-likeness (QED) is 0.373. The molecule has 157 valence electrons. The molecule has 0 radical (unpaired) electrons. The van der Waals surface area contributed by atoms with Crippen molar-refractivity contribution in [2.24, 2.45) is 0 Å². The van der Waals surface area contributed by atoms with Crippen molar-refractivity contribution in [2.75, 3.05) is 0 Å². The first kappa shape index (κ1) is 24.8. The van der Waals surface area contributed by atoms with Crippen molar-refractivity contribution in [1.82, 2.24) is 0 Å². The van der Waals surface area contributed by atoms with E-state index < -0.39 is 19.8 Å². The van der Waals surface area contributed by atoms with Crippen LogP contribution in [-0.4, -0.2) is 3.71 Å². The summed E-state index contributed by atoms with van der Waals surface area (Å²) in [4.78, 5) is 0. The summed E-state index contributed by atoms with van der Waals surface area (Å²) in [5.74, 6) is 0. The summed E-state index contributed by atoms with van der Waals surface area (Å²) in [5.41, 5.74) is 8.32. The maximum absolute atomic E-state index is 2.78. The van der Waals surface area contributed by atoms with Gasteiger partial charge in [-0.15, -0.1) is 24.8 Å². The Hall–Kier alpha value is -0.487. The number of benzene rings is 1. The monoisotopic (exact) mass is 507 g/mol. The maximum atomic E-state index is 2.78. The molecule has 0 saturated heterocycles. The predicted molar refractivity (Wildman–Crippen MR) is 131 cm³/mol. The van der Waals surface area contributed by atoms with Crippen molar-refractivity contribution in [1.29, 1.82) is 0 Å². The van der Waals surface area contributed by atoms with E-state index in [0.29, 0.717) is 0 Å². The SMILES string of the molecule is CCC1=CC[C]([Zr]([CH3])(=[CH]c2ccccc2)[CH]2C=CC3=C2CCCC3)=C1CC.Cl.Cl. The Balaban J connectivity index is 0.00000150. The average Bonchev–Trinajstić information content (AvgIpc) is 3.33. The van der Waals surface area contributed by atoms with E-state index in [-0.39, 0.29) is 24.8 Å². The Morgan fingerprint density at radius 3 is 2.41 bits per heavy atom. The van der Waals surface area contributed by atoms with E-state index in [2.05, 4.69) is 70.7 Å². The summed E-state index contributed by atoms with van der Waals surface area (Å²) in [5, 5.41) is 0. The maximum Gasteiger partial charge on any atom is -0.147 e. The fraction of sp³-hybridized carbons (Fsp3) is 0.423. The topological polar surface area (TPSA) is 0 Å². The van der Waals surface area contributed by atoms with Crippen LogP contribution in [0.1, 0.15) is 64.4 Å². The van der Waals surface area contributed by atoms with E-state index in [1.54, 1.807) is 16.7 Å². The van der Waals surface area contributed by atoms with Crippen molar-refractivity contribution in [3.63, 3.8) is 0 Å². The van der Waals surface area contributed by atoms with Crippen molar-refractivity contribution >= 4 is 28.5 Å². The van der Waals surface area contributed by atoms with Gasteiger partial charge in [0.05, 0.1) is 0 Å². The van der Waals surface area contributed by atoms with Crippen molar-refractivity contribution in [2.45, 2.75) is 67.1 Å². The van der Waals surface area contributed by atoms with Gasteiger partial charge in [-0.1, -0.05) is 0 Å². The molecule has 3 aliphatic carbocycles. The summed E-state index contributed by atoms with van der Waals surface area (Å²) in [6.07, 6.45) is 16.7. The molecule has 0 bridgehead atoms. The van der Waals surface area contributed by atoms with E-state index in [0.717, 1.165) is 3.63 Å². The molecule has 1 aromatic rings. The molecular weight excluding hydrogens is 474 g/mol. The standard InChI is InChI=1S/C9H11.C9H13.C7H6.CH3.2ClH.Zr/c1-2-5-9-7-3-6-8(9)4-1;1-3-8-6-5-7-9(8)4-2;1-7-5-3-2-4-6-7;;;;/h3,6-7H,1-2,4-5H2;6H,3-5H2,1-2H3;1-6H;1H3;2*1H;. The van der Waals surface area contributed by atoms with Crippen LogP contribution in [0, 0.1) is 0 Å². The third kappa shape index (κ3) is 4.73. The van der Waals surface area contributed by atoms with Crippen molar-refractivity contribution < 1.29 is 19.8 Å². The molecular formula is C26H35Cl2Zr. The third-order valence-electron chi connectivity index (χ3n) is 7.02. The Morgan fingerprint density at radius 1 is 1.00 bits per heavy atom. The number of hydrogen-bond acceptors (Lipinski definition) is 0. The van der Waals surface area contributed by atoms with Crippen molar-refractivity contribution in [3.8, 4) is 0 Å². The van der Waals surface area contributed by atoms with Gasteiger partial charge in [-0.25, -0.2) is 0 Å². The molecule has 2 atom stereocenters. The summed E-state index contributed by atoms with van der Waals surface area (Å²) < 4.78 is 8.11. The fourth-order valence-electron chi connectivity index (χ4n) is 5.66. The van der Waals surface area contributed by atoms with Gasteiger partial charge < -0.3 is 0 Å². The predicted octanol–water partition coefficient (Wildman–Crippen LogP) is 8.52. The van der Waals surface area contributed by atoms with Crippen LogP contribution in [0.5, 0.6) is 0 Å². The van der Waals surface area contributed by atoms with Crippen LogP contribution in [-0.2, 0) is 19.8 Å². The van der Waals surface area contributed by atoms with E-state index >= 15 is 0 Å². The zero-order valence-electron chi connectivity index (χ0n) is 18.0. The van der Waals surface area contributed by atoms with Gasteiger partial charge in [-0.05, 0) is 0 Å². The molecule has 0 aliphatic heterocycles. The first-order chi connectivity index (χ1) is 13.2. The molecule has 0 amide bonds. The zero-order chi connectivity index (χ0) is 18.9. The molecule has 2 unspecified atom stereocenters. The second kappa shape index (κ2) is 10.7. The molecule has 3 aliphatic rings. The van der Waals surface area contributed by atoms with E-state index in [1.165, 1.54) is 50.5 Å². The van der Waals surface area contributed by atoms with E-state index in [1.807, 2.05) is 8.85 Å². The Morgan fingerprint density at radius 2 is 1.72 bits per heavy atom. The van der Waals surface area contributed by atoms with Crippen molar-refractivity contribution in [3.05, 3.63) is 79.7 Å². The summed E-state index contributed by atoms with van der Waals surface area (Å²) in [7, 11) is 0. The van der Waals surface area contributed by atoms with Crippen LogP contribution in [0.2, 0.25) is 8.26 Å². The van der Waals surface area contributed by atoms with Crippen LogP contribution in [0.25, 0.3) is 0 Å². The van der Waals surface area contributed by atoms with Gasteiger partial charge in [-0.3, -0.25) is 0 Å². The molecule has 4 rings (SSSR count). The number of allylic oxidation sites excluding steroid dienone is 8. The molecule has 29 heavy (non-hydrogen) atoms. The molecule has 1 aromatic carbocycles. The van der Waals surface area contributed by atoms with E-state index in [9.17, 15) is 0 Å². The molecule has 0 saturated carbocycles. The van der Waals surface area contributed by atoms with Crippen LogP contribution >= 0.6 is 24.8 Å². The smallest absolute Gasteiger partial charge is 0.147 e. The van der Waals surface area contributed by atoms with Crippen LogP contribution in [0.3, 0.4) is 0 Å².